The fourth-order valence-electron chi connectivity index (χ4n) is 3.44. The van der Waals surface area contributed by atoms with Gasteiger partial charge in [-0.05, 0) is 48.3 Å². The molecule has 1 heterocycles. The van der Waals surface area contributed by atoms with E-state index in [-0.39, 0.29) is 12.5 Å². The fourth-order valence-corrected chi connectivity index (χ4v) is 3.44. The highest BCUT2D eigenvalue weighted by Gasteiger charge is 2.31. The van der Waals surface area contributed by atoms with Crippen LogP contribution < -0.4 is 10.8 Å². The topological polar surface area (TPSA) is 84.9 Å². The maximum Gasteiger partial charge on any atom is 0.492 e. The van der Waals surface area contributed by atoms with E-state index in [1.54, 1.807) is 19.1 Å². The first-order chi connectivity index (χ1) is 11.6. The molecule has 0 spiro atoms. The third-order valence-corrected chi connectivity index (χ3v) is 4.84. The van der Waals surface area contributed by atoms with Crippen LogP contribution in [0.15, 0.2) is 12.1 Å². The summed E-state index contributed by atoms with van der Waals surface area (Å²) in [6, 6.07) is 3.46. The van der Waals surface area contributed by atoms with E-state index < -0.39 is 13.1 Å². The van der Waals surface area contributed by atoms with E-state index in [0.717, 1.165) is 18.4 Å². The summed E-state index contributed by atoms with van der Waals surface area (Å²) < 4.78 is 10.4. The summed E-state index contributed by atoms with van der Waals surface area (Å²) in [4.78, 5) is 24.1. The minimum atomic E-state index is -0.996. The molecule has 1 amide bonds. The average molecular weight is 331 g/mol. The van der Waals surface area contributed by atoms with E-state index in [0.29, 0.717) is 35.7 Å². The van der Waals surface area contributed by atoms with Gasteiger partial charge in [-0.2, -0.15) is 0 Å². The summed E-state index contributed by atoms with van der Waals surface area (Å²) >= 11 is 0. The number of esters is 1. The highest BCUT2D eigenvalue weighted by molar-refractivity contribution is 6.62. The van der Waals surface area contributed by atoms with Gasteiger partial charge >= 0.3 is 13.1 Å². The molecular weight excluding hydrogens is 309 g/mol. The molecule has 0 unspecified atom stereocenters. The zero-order valence-corrected chi connectivity index (χ0v) is 13.8. The number of carbonyl (C=O) groups is 2. The number of hydrogen-bond acceptors (Lipinski definition) is 5. The summed E-state index contributed by atoms with van der Waals surface area (Å²) in [5.74, 6) is -0.310. The van der Waals surface area contributed by atoms with Gasteiger partial charge < -0.3 is 19.7 Å². The standard InChI is InChI=1S/C17H22BNO5/c1-11-14(7-6-13-10-24-18(22)16(11)13)17(21)19-8-15(20)23-9-12-4-2-3-5-12/h6-7,12,22H,2-5,8-10H2,1H3,(H,19,21). The van der Waals surface area contributed by atoms with Gasteiger partial charge in [0.15, 0.2) is 0 Å². The lowest BCUT2D eigenvalue weighted by Gasteiger charge is -2.12. The largest absolute Gasteiger partial charge is 0.492 e. The Hall–Kier alpha value is -1.86. The third-order valence-electron chi connectivity index (χ3n) is 4.84. The first kappa shape index (κ1) is 17.0. The molecule has 128 valence electrons. The maximum absolute atomic E-state index is 12.3. The predicted molar refractivity (Wildman–Crippen MR) is 88.8 cm³/mol. The Bertz CT molecular complexity index is 642. The predicted octanol–water partition coefficient (Wildman–Crippen LogP) is 0.676. The van der Waals surface area contributed by atoms with Gasteiger partial charge in [-0.15, -0.1) is 0 Å². The number of fused-ring (bicyclic) bond motifs is 1. The van der Waals surface area contributed by atoms with Crippen LogP contribution in [0.3, 0.4) is 0 Å². The quantitative estimate of drug-likeness (QED) is 0.612. The maximum atomic E-state index is 12.3. The van der Waals surface area contributed by atoms with Crippen LogP contribution in [0.25, 0.3) is 0 Å². The van der Waals surface area contributed by atoms with Gasteiger partial charge in [0, 0.05) is 5.56 Å². The van der Waals surface area contributed by atoms with Crippen molar-refractivity contribution in [1.82, 2.24) is 5.32 Å². The molecule has 24 heavy (non-hydrogen) atoms. The van der Waals surface area contributed by atoms with Crippen molar-refractivity contribution >= 4 is 24.5 Å². The van der Waals surface area contributed by atoms with Crippen molar-refractivity contribution in [1.29, 1.82) is 0 Å². The fraction of sp³-hybridized carbons (Fsp3) is 0.529. The monoisotopic (exact) mass is 331 g/mol. The van der Waals surface area contributed by atoms with E-state index in [4.69, 9.17) is 9.39 Å². The Labute approximate surface area is 141 Å². The second-order valence-corrected chi connectivity index (χ2v) is 6.49. The molecular formula is C17H22BNO5. The van der Waals surface area contributed by atoms with Crippen molar-refractivity contribution < 1.29 is 24.0 Å². The summed E-state index contributed by atoms with van der Waals surface area (Å²) in [5.41, 5.74) is 2.63. The molecule has 1 saturated carbocycles. The average Bonchev–Trinajstić information content (AvgIpc) is 3.21. The van der Waals surface area contributed by atoms with Crippen molar-refractivity contribution in [3.8, 4) is 0 Å². The molecule has 0 bridgehead atoms. The van der Waals surface area contributed by atoms with Crippen LogP contribution >= 0.6 is 0 Å². The molecule has 7 heteroatoms. The van der Waals surface area contributed by atoms with Crippen molar-refractivity contribution in [2.75, 3.05) is 13.2 Å². The lowest BCUT2D eigenvalue weighted by atomic mass is 9.75. The van der Waals surface area contributed by atoms with E-state index in [1.165, 1.54) is 12.8 Å². The number of benzene rings is 1. The molecule has 2 aliphatic rings. The smallest absolute Gasteiger partial charge is 0.464 e. The number of rotatable bonds is 5. The number of amides is 1. The molecule has 1 aromatic carbocycles. The van der Waals surface area contributed by atoms with Crippen LogP contribution in [0.5, 0.6) is 0 Å². The zero-order chi connectivity index (χ0) is 17.1. The summed E-state index contributed by atoms with van der Waals surface area (Å²) in [6.07, 6.45) is 4.62. The second-order valence-electron chi connectivity index (χ2n) is 6.49. The van der Waals surface area contributed by atoms with Crippen LogP contribution in [0.4, 0.5) is 0 Å². The number of carbonyl (C=O) groups excluding carboxylic acids is 2. The van der Waals surface area contributed by atoms with Crippen LogP contribution in [0.2, 0.25) is 0 Å². The third kappa shape index (κ3) is 3.62. The lowest BCUT2D eigenvalue weighted by molar-refractivity contribution is -0.143. The molecule has 0 saturated heterocycles. The molecule has 0 atom stereocenters. The van der Waals surface area contributed by atoms with Crippen LogP contribution in [-0.4, -0.2) is 37.2 Å². The van der Waals surface area contributed by atoms with Gasteiger partial charge in [-0.3, -0.25) is 9.59 Å². The van der Waals surface area contributed by atoms with E-state index in [1.807, 2.05) is 0 Å². The van der Waals surface area contributed by atoms with Crippen LogP contribution in [0.1, 0.15) is 47.2 Å². The molecule has 0 radical (unpaired) electrons. The molecule has 6 nitrogen and oxygen atoms in total. The van der Waals surface area contributed by atoms with Gasteiger partial charge in [0.25, 0.3) is 5.91 Å². The molecule has 1 fully saturated rings. The highest BCUT2D eigenvalue weighted by Crippen LogP contribution is 2.24. The highest BCUT2D eigenvalue weighted by atomic mass is 16.5. The Morgan fingerprint density at radius 3 is 2.88 bits per heavy atom. The van der Waals surface area contributed by atoms with Gasteiger partial charge in [-0.25, -0.2) is 0 Å². The van der Waals surface area contributed by atoms with Gasteiger partial charge in [0.2, 0.25) is 0 Å². The molecule has 2 N–H and O–H groups in total. The van der Waals surface area contributed by atoms with Crippen molar-refractivity contribution in [2.24, 2.45) is 5.92 Å². The Morgan fingerprint density at radius 1 is 1.38 bits per heavy atom. The summed E-state index contributed by atoms with van der Waals surface area (Å²) in [5, 5.41) is 12.4. The van der Waals surface area contributed by atoms with E-state index in [2.05, 4.69) is 5.32 Å². The molecule has 1 aliphatic heterocycles. The normalized spacial score (nSPS) is 17.0. The van der Waals surface area contributed by atoms with Gasteiger partial charge in [-0.1, -0.05) is 18.9 Å². The first-order valence-electron chi connectivity index (χ1n) is 8.42. The number of ether oxygens (including phenoxy) is 1. The van der Waals surface area contributed by atoms with E-state index >= 15 is 0 Å². The summed E-state index contributed by atoms with van der Waals surface area (Å²) in [7, 11) is -0.996. The molecule has 1 aromatic rings. The van der Waals surface area contributed by atoms with E-state index in [9.17, 15) is 14.6 Å². The van der Waals surface area contributed by atoms with Crippen LogP contribution in [-0.2, 0) is 20.8 Å². The Balaban J connectivity index is 1.53. The molecule has 3 rings (SSSR count). The first-order valence-corrected chi connectivity index (χ1v) is 8.42. The molecule has 1 aliphatic carbocycles. The lowest BCUT2D eigenvalue weighted by Crippen LogP contribution is -2.35. The zero-order valence-electron chi connectivity index (χ0n) is 13.8. The Kier molecular flexibility index (Phi) is 5.21. The van der Waals surface area contributed by atoms with Crippen molar-refractivity contribution in [3.63, 3.8) is 0 Å². The molecule has 0 aromatic heterocycles. The van der Waals surface area contributed by atoms with Crippen molar-refractivity contribution in [3.05, 3.63) is 28.8 Å². The van der Waals surface area contributed by atoms with Crippen molar-refractivity contribution in [2.45, 2.75) is 39.2 Å². The minimum Gasteiger partial charge on any atom is -0.464 e. The number of hydrogen-bond donors (Lipinski definition) is 2. The van der Waals surface area contributed by atoms with Gasteiger partial charge in [0.1, 0.15) is 6.54 Å². The van der Waals surface area contributed by atoms with Crippen LogP contribution in [0, 0.1) is 12.8 Å². The second kappa shape index (κ2) is 7.36. The SMILES string of the molecule is Cc1c(C(=O)NCC(=O)OCC2CCCC2)ccc2c1B(O)OC2. The van der Waals surface area contributed by atoms with Gasteiger partial charge in [0.05, 0.1) is 13.2 Å². The minimum absolute atomic E-state index is 0.152. The Morgan fingerprint density at radius 2 is 2.12 bits per heavy atom. The summed E-state index contributed by atoms with van der Waals surface area (Å²) in [6.45, 7) is 2.40. The number of nitrogens with one attached hydrogen (secondary N) is 1.